The van der Waals surface area contributed by atoms with Crippen LogP contribution in [0.2, 0.25) is 0 Å². The number of rotatable bonds is 30. The van der Waals surface area contributed by atoms with E-state index in [1.54, 1.807) is 71.9 Å². The minimum absolute atomic E-state index is 0.000694. The van der Waals surface area contributed by atoms with Crippen molar-refractivity contribution < 1.29 is 91.5 Å². The number of aliphatic hydroxyl groups is 2. The van der Waals surface area contributed by atoms with Crippen molar-refractivity contribution in [3.63, 3.8) is 0 Å². The van der Waals surface area contributed by atoms with E-state index in [0.29, 0.717) is 12.0 Å². The van der Waals surface area contributed by atoms with Gasteiger partial charge in [0.05, 0.1) is 31.3 Å². The first-order valence-electron chi connectivity index (χ1n) is 33.8. The van der Waals surface area contributed by atoms with E-state index in [0.717, 1.165) is 20.3 Å². The molecule has 1 aromatic rings. The molecule has 35 heteroatoms. The van der Waals surface area contributed by atoms with Gasteiger partial charge in [-0.15, -0.1) is 0 Å². The van der Waals surface area contributed by atoms with E-state index in [-0.39, 0.29) is 77.0 Å². The Bertz CT molecular complexity index is 2890. The number of amides is 13. The number of ether oxygens (including phenoxy) is 3. The monoisotopic (exact) mass is 1420 g/mol. The molecule has 1 aliphatic rings. The SMILES string of the molecule is CCCC(C)OC(=O)CCC(=O)N[C@@H](CCNC(=O)OC(C)(C)C)C(=O)N[C@H](C(=O)N[C@@H](CNC(=O)OC(C)(C)C)C(=O)N[C@H]1CCNC(=O)[C@H](C(C)O)NC(=O)[C@H](CCN)NC(=O)[C@H](CCN)NC(=O)[C@H](CC(C)C)NC(=O)[C@@H](Cc2ccccc2)NC(=O)[C@H](CCN)NC1=O)C(C)O. The fourth-order valence-corrected chi connectivity index (χ4v) is 9.84. The van der Waals surface area contributed by atoms with Crippen LogP contribution < -0.4 is 86.3 Å². The molecule has 3 unspecified atom stereocenters. The molecule has 21 N–H and O–H groups in total. The minimum Gasteiger partial charge on any atom is -0.463 e. The molecule has 1 aliphatic heterocycles. The molecule has 1 aromatic carbocycles. The molecule has 13 atom stereocenters. The third-order valence-corrected chi connectivity index (χ3v) is 14.8. The number of benzene rings is 1. The summed E-state index contributed by atoms with van der Waals surface area (Å²) >= 11 is 0. The highest BCUT2D eigenvalue weighted by Gasteiger charge is 2.38. The quantitative estimate of drug-likeness (QED) is 0.0261. The average Bonchev–Trinajstić information content (AvgIpc) is 0.917. The van der Waals surface area contributed by atoms with Crippen molar-refractivity contribution in [1.82, 2.24) is 69.1 Å². The molecule has 100 heavy (non-hydrogen) atoms. The number of alkyl carbamates (subject to hydrolysis) is 2. The molecular formula is C65H110N16O19. The Morgan fingerprint density at radius 3 is 1.59 bits per heavy atom. The molecule has 0 saturated carbocycles. The van der Waals surface area contributed by atoms with Crippen molar-refractivity contribution in [3.8, 4) is 0 Å². The van der Waals surface area contributed by atoms with Gasteiger partial charge in [-0.3, -0.25) is 57.5 Å². The van der Waals surface area contributed by atoms with E-state index in [4.69, 9.17) is 31.4 Å². The van der Waals surface area contributed by atoms with Crippen LogP contribution in [0.15, 0.2) is 30.3 Å². The number of hydrogen-bond donors (Lipinski definition) is 18. The van der Waals surface area contributed by atoms with Crippen molar-refractivity contribution in [3.05, 3.63) is 35.9 Å². The highest BCUT2D eigenvalue weighted by atomic mass is 16.6. The van der Waals surface area contributed by atoms with Gasteiger partial charge in [-0.25, -0.2) is 9.59 Å². The standard InChI is InChI=1S/C65H110N16O19/c1-13-17-36(4)98-49(85)21-20-48(84)72-43(26-31-70-62(96)99-64(7,8)9)56(90)81-51(38(6)83)61(95)79-47(34-71-63(97)100-65(10,11)12)59(93)76-44-25-30-69-60(94)50(37(5)82)80-55(89)42(24-29-68)74-52(86)40(22-27-66)75-57(91)45(32-35(2)3)77-58(92)46(33-39-18-15-14-16-19-39)78-53(87)41(23-28-67)73-54(44)88/h14-16,18-19,35-38,40-47,50-51,82-83H,13,17,20-34,66-68H2,1-12H3,(H,69,94)(H,70,96)(H,71,97)(H,72,84)(H,73,88)(H,74,86)(H,75,91)(H,76,93)(H,77,92)(H,78,87)(H,79,95)(H,80,89)(H,81,90)/t36?,37?,38?,40-,41-,42-,43-,44-,45-,46+,47-,50-,51-/m0/s1. The Kier molecular flexibility index (Phi) is 38.1. The van der Waals surface area contributed by atoms with Gasteiger partial charge >= 0.3 is 18.2 Å². The molecule has 0 radical (unpaired) electrons. The molecule has 0 aliphatic carbocycles. The Morgan fingerprint density at radius 2 is 1.08 bits per heavy atom. The second kappa shape index (κ2) is 43.7. The van der Waals surface area contributed by atoms with Crippen molar-refractivity contribution >= 4 is 83.1 Å². The molecule has 2 rings (SSSR count). The average molecular weight is 1420 g/mol. The summed E-state index contributed by atoms with van der Waals surface area (Å²) in [5.74, 6) is -12.3. The molecule has 13 amide bonds. The third kappa shape index (κ3) is 33.8. The van der Waals surface area contributed by atoms with Crippen LogP contribution in [-0.2, 0) is 78.2 Å². The summed E-state index contributed by atoms with van der Waals surface area (Å²) in [7, 11) is 0. The van der Waals surface area contributed by atoms with E-state index >= 15 is 0 Å². The van der Waals surface area contributed by atoms with Gasteiger partial charge in [-0.05, 0) is 138 Å². The third-order valence-electron chi connectivity index (χ3n) is 14.8. The summed E-state index contributed by atoms with van der Waals surface area (Å²) < 4.78 is 16.0. The van der Waals surface area contributed by atoms with E-state index in [2.05, 4.69) is 69.1 Å². The summed E-state index contributed by atoms with van der Waals surface area (Å²) in [5, 5.41) is 54.3. The number of hydrogen-bond acceptors (Lipinski definition) is 22. The normalized spacial score (nSPS) is 21.3. The lowest BCUT2D eigenvalue weighted by Gasteiger charge is -2.29. The number of aliphatic hydroxyl groups excluding tert-OH is 2. The molecule has 35 nitrogen and oxygen atoms in total. The lowest BCUT2D eigenvalue weighted by Crippen LogP contribution is -2.63. The maximum absolute atomic E-state index is 14.9. The second-order valence-electron chi connectivity index (χ2n) is 26.8. The van der Waals surface area contributed by atoms with E-state index in [1.807, 2.05) is 6.92 Å². The summed E-state index contributed by atoms with van der Waals surface area (Å²) in [4.78, 5) is 195. The first-order chi connectivity index (χ1) is 46.8. The van der Waals surface area contributed by atoms with E-state index in [1.165, 1.54) is 20.8 Å². The number of carbonyl (C=O) groups is 14. The van der Waals surface area contributed by atoms with Gasteiger partial charge in [0, 0.05) is 25.9 Å². The largest absolute Gasteiger partial charge is 0.463 e. The van der Waals surface area contributed by atoms with Gasteiger partial charge < -0.3 is 111 Å². The van der Waals surface area contributed by atoms with Crippen LogP contribution in [0.1, 0.15) is 153 Å². The molecule has 0 bridgehead atoms. The number of esters is 1. The molecule has 0 aromatic heterocycles. The Hall–Kier alpha value is -8.80. The van der Waals surface area contributed by atoms with Crippen LogP contribution in [0.4, 0.5) is 9.59 Å². The fourth-order valence-electron chi connectivity index (χ4n) is 9.84. The van der Waals surface area contributed by atoms with Crippen LogP contribution in [-0.4, -0.2) is 223 Å². The van der Waals surface area contributed by atoms with Gasteiger partial charge in [-0.1, -0.05) is 57.5 Å². The minimum atomic E-state index is -1.99. The van der Waals surface area contributed by atoms with Gasteiger partial charge in [0.1, 0.15) is 71.6 Å². The smallest absolute Gasteiger partial charge is 0.407 e. The zero-order valence-corrected chi connectivity index (χ0v) is 59.6. The summed E-state index contributed by atoms with van der Waals surface area (Å²) in [6, 6.07) is -8.10. The highest BCUT2D eigenvalue weighted by Crippen LogP contribution is 2.14. The van der Waals surface area contributed by atoms with Crippen LogP contribution in [0.5, 0.6) is 0 Å². The first kappa shape index (κ1) is 87.3. The topological polar surface area (TPSA) is 542 Å². The van der Waals surface area contributed by atoms with Crippen molar-refractivity contribution in [2.45, 2.75) is 244 Å². The van der Waals surface area contributed by atoms with E-state index < -0.39 is 199 Å². The summed E-state index contributed by atoms with van der Waals surface area (Å²) in [5.41, 5.74) is 16.3. The van der Waals surface area contributed by atoms with Crippen LogP contribution in [0.3, 0.4) is 0 Å². The Balaban J connectivity index is 2.84. The highest BCUT2D eigenvalue weighted by molar-refractivity contribution is 5.99. The predicted octanol–water partition coefficient (Wildman–Crippen LogP) is -3.60. The van der Waals surface area contributed by atoms with Gasteiger partial charge in [0.2, 0.25) is 65.0 Å². The zero-order chi connectivity index (χ0) is 75.6. The molecule has 1 fully saturated rings. The summed E-state index contributed by atoms with van der Waals surface area (Å²) in [6.07, 6.45) is -7.29. The lowest BCUT2D eigenvalue weighted by atomic mass is 10.00. The molecule has 0 spiro atoms. The van der Waals surface area contributed by atoms with Gasteiger partial charge in [-0.2, -0.15) is 0 Å². The lowest BCUT2D eigenvalue weighted by molar-refractivity contribution is -0.149. The van der Waals surface area contributed by atoms with Gasteiger partial charge in [0.25, 0.3) is 0 Å². The van der Waals surface area contributed by atoms with E-state index in [9.17, 15) is 77.3 Å². The maximum Gasteiger partial charge on any atom is 0.407 e. The summed E-state index contributed by atoms with van der Waals surface area (Å²) in [6.45, 7) is 16.4. The van der Waals surface area contributed by atoms with Crippen molar-refractivity contribution in [1.29, 1.82) is 0 Å². The number of nitrogens with one attached hydrogen (secondary N) is 13. The number of nitrogens with two attached hydrogens (primary N) is 3. The first-order valence-corrected chi connectivity index (χ1v) is 33.8. The molecule has 564 valence electrons. The molecule has 1 saturated heterocycles. The van der Waals surface area contributed by atoms with Crippen molar-refractivity contribution in [2.75, 3.05) is 39.3 Å². The van der Waals surface area contributed by atoms with Crippen LogP contribution in [0, 0.1) is 5.92 Å². The molecule has 1 heterocycles. The van der Waals surface area contributed by atoms with Crippen molar-refractivity contribution in [2.24, 2.45) is 23.1 Å². The fraction of sp³-hybridized carbons (Fsp3) is 0.692. The zero-order valence-electron chi connectivity index (χ0n) is 59.6. The van der Waals surface area contributed by atoms with Crippen LogP contribution >= 0.6 is 0 Å². The van der Waals surface area contributed by atoms with Gasteiger partial charge in [0.15, 0.2) is 0 Å². The predicted molar refractivity (Wildman–Crippen MR) is 364 cm³/mol. The number of carbonyl (C=O) groups excluding carboxylic acids is 14. The maximum atomic E-state index is 14.9. The second-order valence-corrected chi connectivity index (χ2v) is 26.8. The van der Waals surface area contributed by atoms with Crippen LogP contribution in [0.25, 0.3) is 0 Å². The Labute approximate surface area is 583 Å². The Morgan fingerprint density at radius 1 is 0.580 bits per heavy atom. The molecular weight excluding hydrogens is 1310 g/mol.